The molecule has 0 fully saturated rings. The molecule has 0 bridgehead atoms. The lowest BCUT2D eigenvalue weighted by molar-refractivity contribution is -0.246. The van der Waals surface area contributed by atoms with Gasteiger partial charge in [0.25, 0.3) is 0 Å². The summed E-state index contributed by atoms with van der Waals surface area (Å²) < 4.78 is 12.4. The van der Waals surface area contributed by atoms with Gasteiger partial charge in [0.15, 0.2) is 5.79 Å². The minimum absolute atomic E-state index is 0.300. The number of hydrogen-bond acceptors (Lipinski definition) is 2. The van der Waals surface area contributed by atoms with Gasteiger partial charge in [-0.05, 0) is 25.7 Å². The monoisotopic (exact) mass is 314 g/mol. The van der Waals surface area contributed by atoms with Gasteiger partial charge in [0.05, 0.1) is 0 Å². The van der Waals surface area contributed by atoms with E-state index in [9.17, 15) is 0 Å². The molecule has 0 spiro atoms. The van der Waals surface area contributed by atoms with Gasteiger partial charge >= 0.3 is 0 Å². The van der Waals surface area contributed by atoms with Crippen molar-refractivity contribution in [1.29, 1.82) is 0 Å². The molecule has 0 N–H and O–H groups in total. The van der Waals surface area contributed by atoms with Gasteiger partial charge in [-0.3, -0.25) is 0 Å². The van der Waals surface area contributed by atoms with Crippen LogP contribution in [-0.4, -0.2) is 19.0 Å². The van der Waals surface area contributed by atoms with Crippen LogP contribution < -0.4 is 0 Å². The standard InChI is InChI=1S/C20H42O2/c1-5-9-11-12-13-14-15-17-20(16-10-6-2,21-18-7-3)22-19-8-4/h5-19H2,1-4H3. The van der Waals surface area contributed by atoms with Crippen LogP contribution in [0.3, 0.4) is 0 Å². The second-order valence-electron chi connectivity index (χ2n) is 6.58. The highest BCUT2D eigenvalue weighted by molar-refractivity contribution is 4.71. The van der Waals surface area contributed by atoms with Crippen molar-refractivity contribution in [3.8, 4) is 0 Å². The Labute approximate surface area is 140 Å². The smallest absolute Gasteiger partial charge is 0.168 e. The Bertz CT molecular complexity index is 194. The Morgan fingerprint density at radius 1 is 0.500 bits per heavy atom. The molecule has 0 atom stereocenters. The van der Waals surface area contributed by atoms with Gasteiger partial charge in [-0.2, -0.15) is 0 Å². The van der Waals surface area contributed by atoms with Crippen molar-refractivity contribution in [2.75, 3.05) is 13.2 Å². The van der Waals surface area contributed by atoms with E-state index in [0.717, 1.165) is 38.9 Å². The van der Waals surface area contributed by atoms with Crippen LogP contribution in [0, 0.1) is 0 Å². The van der Waals surface area contributed by atoms with Crippen LogP contribution >= 0.6 is 0 Å². The Morgan fingerprint density at radius 3 is 1.45 bits per heavy atom. The second kappa shape index (κ2) is 15.8. The van der Waals surface area contributed by atoms with Crippen molar-refractivity contribution >= 4 is 0 Å². The summed E-state index contributed by atoms with van der Waals surface area (Å²) in [4.78, 5) is 0. The van der Waals surface area contributed by atoms with Crippen molar-refractivity contribution in [2.45, 2.75) is 117 Å². The second-order valence-corrected chi connectivity index (χ2v) is 6.58. The maximum absolute atomic E-state index is 6.21. The molecule has 0 heterocycles. The molecule has 0 radical (unpaired) electrons. The van der Waals surface area contributed by atoms with Crippen LogP contribution in [0.15, 0.2) is 0 Å². The van der Waals surface area contributed by atoms with E-state index in [1.165, 1.54) is 57.8 Å². The highest BCUT2D eigenvalue weighted by atomic mass is 16.7. The summed E-state index contributed by atoms with van der Waals surface area (Å²) in [6.07, 6.45) is 16.1. The molecule has 0 unspecified atom stereocenters. The van der Waals surface area contributed by atoms with Gasteiger partial charge in [-0.1, -0.05) is 72.6 Å². The van der Waals surface area contributed by atoms with Crippen molar-refractivity contribution in [2.24, 2.45) is 0 Å². The van der Waals surface area contributed by atoms with Gasteiger partial charge in [-0.15, -0.1) is 0 Å². The van der Waals surface area contributed by atoms with E-state index < -0.39 is 0 Å². The first kappa shape index (κ1) is 21.9. The Kier molecular flexibility index (Phi) is 15.7. The van der Waals surface area contributed by atoms with Crippen LogP contribution in [0.2, 0.25) is 0 Å². The number of ether oxygens (including phenoxy) is 2. The topological polar surface area (TPSA) is 18.5 Å². The first-order chi connectivity index (χ1) is 10.7. The zero-order valence-electron chi connectivity index (χ0n) is 15.9. The van der Waals surface area contributed by atoms with Crippen molar-refractivity contribution < 1.29 is 9.47 Å². The zero-order valence-corrected chi connectivity index (χ0v) is 15.9. The van der Waals surface area contributed by atoms with Crippen molar-refractivity contribution in [3.05, 3.63) is 0 Å². The molecule has 0 aromatic carbocycles. The molecule has 2 heteroatoms. The summed E-state index contributed by atoms with van der Waals surface area (Å²) in [7, 11) is 0. The molecular weight excluding hydrogens is 272 g/mol. The van der Waals surface area contributed by atoms with E-state index in [2.05, 4.69) is 27.7 Å². The van der Waals surface area contributed by atoms with Crippen LogP contribution in [0.4, 0.5) is 0 Å². The predicted molar refractivity (Wildman–Crippen MR) is 97.4 cm³/mol. The lowest BCUT2D eigenvalue weighted by atomic mass is 10.00. The third kappa shape index (κ3) is 11.5. The fraction of sp³-hybridized carbons (Fsp3) is 1.00. The third-order valence-corrected chi connectivity index (χ3v) is 4.21. The van der Waals surface area contributed by atoms with Gasteiger partial charge < -0.3 is 9.47 Å². The Morgan fingerprint density at radius 2 is 0.955 bits per heavy atom. The number of rotatable bonds is 17. The molecule has 0 aliphatic rings. The van der Waals surface area contributed by atoms with E-state index in [1.807, 2.05) is 0 Å². The molecule has 134 valence electrons. The van der Waals surface area contributed by atoms with E-state index >= 15 is 0 Å². The molecule has 0 amide bonds. The van der Waals surface area contributed by atoms with Gasteiger partial charge in [0, 0.05) is 26.1 Å². The average Bonchev–Trinajstić information content (AvgIpc) is 2.55. The molecule has 2 nitrogen and oxygen atoms in total. The molecule has 0 aliphatic heterocycles. The summed E-state index contributed by atoms with van der Waals surface area (Å²) in [6, 6.07) is 0. The molecule has 0 saturated carbocycles. The number of unbranched alkanes of at least 4 members (excludes halogenated alkanes) is 7. The van der Waals surface area contributed by atoms with Gasteiger partial charge in [-0.25, -0.2) is 0 Å². The first-order valence-electron chi connectivity index (χ1n) is 10.0. The largest absolute Gasteiger partial charge is 0.350 e. The van der Waals surface area contributed by atoms with Crippen LogP contribution in [0.25, 0.3) is 0 Å². The highest BCUT2D eigenvalue weighted by Gasteiger charge is 2.30. The zero-order chi connectivity index (χ0) is 16.5. The summed E-state index contributed by atoms with van der Waals surface area (Å²) in [5.41, 5.74) is 0. The fourth-order valence-electron chi connectivity index (χ4n) is 2.83. The summed E-state index contributed by atoms with van der Waals surface area (Å²) in [5.74, 6) is -0.300. The summed E-state index contributed by atoms with van der Waals surface area (Å²) >= 11 is 0. The van der Waals surface area contributed by atoms with Gasteiger partial charge in [0.1, 0.15) is 0 Å². The molecule has 0 aromatic rings. The fourth-order valence-corrected chi connectivity index (χ4v) is 2.83. The lowest BCUT2D eigenvalue weighted by Gasteiger charge is -2.34. The molecule has 0 aromatic heterocycles. The maximum Gasteiger partial charge on any atom is 0.168 e. The minimum atomic E-state index is -0.300. The van der Waals surface area contributed by atoms with E-state index in [-0.39, 0.29) is 5.79 Å². The summed E-state index contributed by atoms with van der Waals surface area (Å²) in [5, 5.41) is 0. The average molecular weight is 315 g/mol. The van der Waals surface area contributed by atoms with Crippen LogP contribution in [-0.2, 0) is 9.47 Å². The molecular formula is C20H42O2. The molecule has 22 heavy (non-hydrogen) atoms. The van der Waals surface area contributed by atoms with Crippen molar-refractivity contribution in [1.82, 2.24) is 0 Å². The minimum Gasteiger partial charge on any atom is -0.350 e. The summed E-state index contributed by atoms with van der Waals surface area (Å²) in [6.45, 7) is 10.5. The van der Waals surface area contributed by atoms with Crippen LogP contribution in [0.1, 0.15) is 111 Å². The van der Waals surface area contributed by atoms with E-state index in [0.29, 0.717) is 0 Å². The molecule has 0 saturated heterocycles. The van der Waals surface area contributed by atoms with E-state index in [1.54, 1.807) is 0 Å². The van der Waals surface area contributed by atoms with Crippen molar-refractivity contribution in [3.63, 3.8) is 0 Å². The first-order valence-corrected chi connectivity index (χ1v) is 10.0. The highest BCUT2D eigenvalue weighted by Crippen LogP contribution is 2.29. The molecule has 0 aliphatic carbocycles. The van der Waals surface area contributed by atoms with Crippen LogP contribution in [0.5, 0.6) is 0 Å². The normalized spacial score (nSPS) is 12.0. The SMILES string of the molecule is CCCCCCCCCC(CCCC)(OCCC)OCCC. The van der Waals surface area contributed by atoms with Gasteiger partial charge in [0.2, 0.25) is 0 Å². The third-order valence-electron chi connectivity index (χ3n) is 4.21. The maximum atomic E-state index is 6.21. The van der Waals surface area contributed by atoms with E-state index in [4.69, 9.17) is 9.47 Å². The lowest BCUT2D eigenvalue weighted by Crippen LogP contribution is -2.37. The quantitative estimate of drug-likeness (QED) is 0.215. The number of hydrogen-bond donors (Lipinski definition) is 0. The Hall–Kier alpha value is -0.0800. The Balaban J connectivity index is 4.21. The molecule has 0 rings (SSSR count). The predicted octanol–water partition coefficient (Wildman–Crippen LogP) is 6.87.